The largest absolute Gasteiger partial charge is 0.444 e. The van der Waals surface area contributed by atoms with Crippen molar-refractivity contribution in [1.82, 2.24) is 9.78 Å². The number of aryl methyl sites for hydroxylation is 2. The van der Waals surface area contributed by atoms with Gasteiger partial charge in [-0.1, -0.05) is 17.7 Å². The number of halogens is 1. The van der Waals surface area contributed by atoms with Crippen molar-refractivity contribution in [2.45, 2.75) is 33.3 Å². The molecule has 2 aromatic rings. The number of benzene rings is 1. The lowest BCUT2D eigenvalue weighted by atomic mass is 10.1. The zero-order valence-electron chi connectivity index (χ0n) is 13.4. The SMILES string of the molecule is Cc1ccc(Cl)cc1-c1nn(C)cc1NC(=O)OC(C)(C)C. The third kappa shape index (κ3) is 4.01. The predicted octanol–water partition coefficient (Wildman–Crippen LogP) is 4.40. The van der Waals surface area contributed by atoms with E-state index in [1.807, 2.05) is 45.9 Å². The monoisotopic (exact) mass is 321 g/mol. The molecule has 0 unspecified atom stereocenters. The van der Waals surface area contributed by atoms with E-state index >= 15 is 0 Å². The first kappa shape index (κ1) is 16.4. The first-order chi connectivity index (χ1) is 10.2. The van der Waals surface area contributed by atoms with Gasteiger partial charge in [0.05, 0.1) is 5.69 Å². The molecule has 1 aromatic heterocycles. The van der Waals surface area contributed by atoms with Gasteiger partial charge >= 0.3 is 6.09 Å². The Bertz CT molecular complexity index is 702. The average molecular weight is 322 g/mol. The number of hydrogen-bond donors (Lipinski definition) is 1. The molecule has 5 nitrogen and oxygen atoms in total. The van der Waals surface area contributed by atoms with E-state index in [2.05, 4.69) is 10.4 Å². The number of hydrogen-bond acceptors (Lipinski definition) is 3. The summed E-state index contributed by atoms with van der Waals surface area (Å²) in [4.78, 5) is 12.0. The molecule has 1 heterocycles. The van der Waals surface area contributed by atoms with Crippen LogP contribution in [0.3, 0.4) is 0 Å². The number of carbonyl (C=O) groups is 1. The number of ether oxygens (including phenoxy) is 1. The molecule has 118 valence electrons. The molecule has 0 saturated carbocycles. The van der Waals surface area contributed by atoms with E-state index in [1.165, 1.54) is 0 Å². The van der Waals surface area contributed by atoms with Crippen LogP contribution in [0.1, 0.15) is 26.3 Å². The molecule has 0 aliphatic carbocycles. The lowest BCUT2D eigenvalue weighted by Gasteiger charge is -2.19. The summed E-state index contributed by atoms with van der Waals surface area (Å²) in [5.74, 6) is 0. The van der Waals surface area contributed by atoms with Crippen LogP contribution >= 0.6 is 11.6 Å². The third-order valence-electron chi connectivity index (χ3n) is 2.92. The van der Waals surface area contributed by atoms with Gasteiger partial charge in [0.2, 0.25) is 0 Å². The van der Waals surface area contributed by atoms with Gasteiger partial charge in [-0.2, -0.15) is 5.10 Å². The fraction of sp³-hybridized carbons (Fsp3) is 0.375. The average Bonchev–Trinajstić information content (AvgIpc) is 2.70. The Hall–Kier alpha value is -2.01. The van der Waals surface area contributed by atoms with E-state index in [1.54, 1.807) is 17.9 Å². The van der Waals surface area contributed by atoms with Gasteiger partial charge in [-0.15, -0.1) is 0 Å². The van der Waals surface area contributed by atoms with Gasteiger partial charge in [0.15, 0.2) is 0 Å². The van der Waals surface area contributed by atoms with E-state index in [4.69, 9.17) is 16.3 Å². The molecule has 0 aliphatic rings. The van der Waals surface area contributed by atoms with Crippen LogP contribution in [-0.4, -0.2) is 21.5 Å². The molecule has 0 spiro atoms. The fourth-order valence-corrected chi connectivity index (χ4v) is 2.21. The summed E-state index contributed by atoms with van der Waals surface area (Å²) in [6.45, 7) is 7.42. The third-order valence-corrected chi connectivity index (χ3v) is 3.15. The zero-order chi connectivity index (χ0) is 16.5. The number of rotatable bonds is 2. The van der Waals surface area contributed by atoms with Crippen LogP contribution in [-0.2, 0) is 11.8 Å². The van der Waals surface area contributed by atoms with Gasteiger partial charge in [-0.05, 0) is 45.4 Å². The van der Waals surface area contributed by atoms with Crippen LogP contribution in [0.25, 0.3) is 11.3 Å². The Morgan fingerprint density at radius 1 is 1.36 bits per heavy atom. The van der Waals surface area contributed by atoms with Crippen LogP contribution in [0.4, 0.5) is 10.5 Å². The van der Waals surface area contributed by atoms with Crippen molar-refractivity contribution < 1.29 is 9.53 Å². The van der Waals surface area contributed by atoms with Crippen molar-refractivity contribution in [2.75, 3.05) is 5.32 Å². The normalized spacial score (nSPS) is 11.4. The number of nitrogens with zero attached hydrogens (tertiary/aromatic N) is 2. The standard InChI is InChI=1S/C16H20ClN3O2/c1-10-6-7-11(17)8-12(10)14-13(9-20(5)19-14)18-15(21)22-16(2,3)4/h6-9H,1-5H3,(H,18,21). The highest BCUT2D eigenvalue weighted by Crippen LogP contribution is 2.31. The Morgan fingerprint density at radius 3 is 2.68 bits per heavy atom. The summed E-state index contributed by atoms with van der Waals surface area (Å²) in [6.07, 6.45) is 1.22. The summed E-state index contributed by atoms with van der Waals surface area (Å²) in [5, 5.41) is 7.79. The van der Waals surface area contributed by atoms with Crippen molar-refractivity contribution in [3.63, 3.8) is 0 Å². The smallest absolute Gasteiger partial charge is 0.412 e. The topological polar surface area (TPSA) is 56.2 Å². The number of amides is 1. The van der Waals surface area contributed by atoms with Gasteiger partial charge in [0, 0.05) is 23.8 Å². The second-order valence-electron chi connectivity index (χ2n) is 6.15. The molecule has 22 heavy (non-hydrogen) atoms. The first-order valence-corrected chi connectivity index (χ1v) is 7.34. The molecule has 2 rings (SSSR count). The Kier molecular flexibility index (Phi) is 4.47. The Balaban J connectivity index is 2.35. The fourth-order valence-electron chi connectivity index (χ4n) is 2.04. The molecule has 6 heteroatoms. The van der Waals surface area contributed by atoms with Gasteiger partial charge in [-0.25, -0.2) is 4.79 Å². The van der Waals surface area contributed by atoms with Crippen molar-refractivity contribution in [3.8, 4) is 11.3 Å². The van der Waals surface area contributed by atoms with E-state index in [0.29, 0.717) is 16.4 Å². The van der Waals surface area contributed by atoms with Crippen LogP contribution in [0.15, 0.2) is 24.4 Å². The second kappa shape index (κ2) is 6.01. The maximum Gasteiger partial charge on any atom is 0.412 e. The molecule has 1 amide bonds. The maximum atomic E-state index is 12.0. The van der Waals surface area contributed by atoms with Gasteiger partial charge < -0.3 is 4.74 Å². The van der Waals surface area contributed by atoms with Crippen molar-refractivity contribution in [3.05, 3.63) is 35.0 Å². The molecule has 0 atom stereocenters. The number of nitrogens with one attached hydrogen (secondary N) is 1. The molecule has 0 bridgehead atoms. The predicted molar refractivity (Wildman–Crippen MR) is 88.2 cm³/mol. The lowest BCUT2D eigenvalue weighted by Crippen LogP contribution is -2.27. The molecular weight excluding hydrogens is 302 g/mol. The maximum absolute atomic E-state index is 12.0. The Morgan fingerprint density at radius 2 is 2.05 bits per heavy atom. The molecule has 1 N–H and O–H groups in total. The lowest BCUT2D eigenvalue weighted by molar-refractivity contribution is 0.0636. The number of carbonyl (C=O) groups excluding carboxylic acids is 1. The molecule has 0 radical (unpaired) electrons. The van der Waals surface area contributed by atoms with Crippen LogP contribution in [0, 0.1) is 6.92 Å². The van der Waals surface area contributed by atoms with Crippen molar-refractivity contribution in [2.24, 2.45) is 7.05 Å². The molecule has 1 aromatic carbocycles. The summed E-state index contributed by atoms with van der Waals surface area (Å²) in [7, 11) is 1.80. The summed E-state index contributed by atoms with van der Waals surface area (Å²) in [6, 6.07) is 5.58. The van der Waals surface area contributed by atoms with Crippen LogP contribution in [0.2, 0.25) is 5.02 Å². The number of aromatic nitrogens is 2. The van der Waals surface area contributed by atoms with Gasteiger partial charge in [-0.3, -0.25) is 10.00 Å². The highest BCUT2D eigenvalue weighted by Gasteiger charge is 2.19. The van der Waals surface area contributed by atoms with Crippen LogP contribution in [0.5, 0.6) is 0 Å². The highest BCUT2D eigenvalue weighted by atomic mass is 35.5. The molecule has 0 fully saturated rings. The van der Waals surface area contributed by atoms with Crippen molar-refractivity contribution >= 4 is 23.4 Å². The van der Waals surface area contributed by atoms with E-state index < -0.39 is 11.7 Å². The Labute approximate surface area is 135 Å². The highest BCUT2D eigenvalue weighted by molar-refractivity contribution is 6.30. The summed E-state index contributed by atoms with van der Waals surface area (Å²) < 4.78 is 6.92. The van der Waals surface area contributed by atoms with Crippen molar-refractivity contribution in [1.29, 1.82) is 0 Å². The van der Waals surface area contributed by atoms with E-state index in [0.717, 1.165) is 11.1 Å². The first-order valence-electron chi connectivity index (χ1n) is 6.96. The minimum atomic E-state index is -0.557. The van der Waals surface area contributed by atoms with Gasteiger partial charge in [0.25, 0.3) is 0 Å². The van der Waals surface area contributed by atoms with E-state index in [9.17, 15) is 4.79 Å². The number of anilines is 1. The minimum absolute atomic E-state index is 0.513. The zero-order valence-corrected chi connectivity index (χ0v) is 14.2. The minimum Gasteiger partial charge on any atom is -0.444 e. The van der Waals surface area contributed by atoms with Gasteiger partial charge in [0.1, 0.15) is 11.3 Å². The molecule has 0 aliphatic heterocycles. The summed E-state index contributed by atoms with van der Waals surface area (Å²) >= 11 is 6.07. The quantitative estimate of drug-likeness (QED) is 0.892. The van der Waals surface area contributed by atoms with Crippen LogP contribution < -0.4 is 5.32 Å². The molecular formula is C16H20ClN3O2. The second-order valence-corrected chi connectivity index (χ2v) is 6.59. The summed E-state index contributed by atoms with van der Waals surface area (Å²) in [5.41, 5.74) is 2.59. The molecule has 0 saturated heterocycles. The van der Waals surface area contributed by atoms with E-state index in [-0.39, 0.29) is 0 Å².